The second-order valence-corrected chi connectivity index (χ2v) is 2.58. The average Bonchev–Trinajstić information content (AvgIpc) is 1.84. The minimum absolute atomic E-state index is 0.144. The summed E-state index contributed by atoms with van der Waals surface area (Å²) in [4.78, 5) is 0. The van der Waals surface area contributed by atoms with Crippen LogP contribution in [-0.2, 0) is 0 Å². The molecule has 0 aliphatic carbocycles. The molecule has 0 aromatic carbocycles. The summed E-state index contributed by atoms with van der Waals surface area (Å²) in [6.45, 7) is 5.39. The largest absolute Gasteiger partial charge is 0.241 e. The van der Waals surface area contributed by atoms with E-state index in [2.05, 4.69) is 0 Å². The Bertz CT molecular complexity index is 71.3. The van der Waals surface area contributed by atoms with Gasteiger partial charge in [0, 0.05) is 5.92 Å². The Hall–Kier alpha value is -0.140. The van der Waals surface area contributed by atoms with Gasteiger partial charge in [0.15, 0.2) is 0 Å². The summed E-state index contributed by atoms with van der Waals surface area (Å²) in [6.07, 6.45) is -1.31. The van der Waals surface area contributed by atoms with Gasteiger partial charge in [-0.25, -0.2) is 8.78 Å². The highest BCUT2D eigenvalue weighted by molar-refractivity contribution is 4.61. The van der Waals surface area contributed by atoms with Crippen LogP contribution in [0.3, 0.4) is 0 Å². The zero-order valence-corrected chi connectivity index (χ0v) is 6.20. The number of halogens is 2. The van der Waals surface area contributed by atoms with Crippen LogP contribution >= 0.6 is 0 Å². The molecule has 0 spiro atoms. The first kappa shape index (κ1) is 8.86. The molecule has 0 aliphatic heterocycles. The molecule has 0 saturated carbocycles. The molecule has 9 heavy (non-hydrogen) atoms. The van der Waals surface area contributed by atoms with Gasteiger partial charge >= 0.3 is 0 Å². The summed E-state index contributed by atoms with van der Waals surface area (Å²) < 4.78 is 23.7. The van der Waals surface area contributed by atoms with Crippen molar-refractivity contribution >= 4 is 0 Å². The topological polar surface area (TPSA) is 0 Å². The highest BCUT2D eigenvalue weighted by Crippen LogP contribution is 2.20. The molecule has 0 fully saturated rings. The molecule has 0 saturated heterocycles. The molecule has 0 rings (SSSR count). The van der Waals surface area contributed by atoms with E-state index in [1.165, 1.54) is 0 Å². The second-order valence-electron chi connectivity index (χ2n) is 2.58. The Morgan fingerprint density at radius 2 is 1.67 bits per heavy atom. The molecule has 56 valence electrons. The van der Waals surface area contributed by atoms with Gasteiger partial charge in [-0.05, 0) is 5.92 Å². The molecular weight excluding hydrogens is 122 g/mol. The van der Waals surface area contributed by atoms with Gasteiger partial charge in [-0.1, -0.05) is 27.2 Å². The lowest BCUT2D eigenvalue weighted by Gasteiger charge is -2.16. The number of alkyl halides is 2. The first-order chi connectivity index (χ1) is 4.09. The Morgan fingerprint density at radius 3 is 1.78 bits per heavy atom. The van der Waals surface area contributed by atoms with Gasteiger partial charge in [0.05, 0.1) is 0 Å². The molecule has 0 aromatic heterocycles. The van der Waals surface area contributed by atoms with E-state index in [0.29, 0.717) is 0 Å². The van der Waals surface area contributed by atoms with Crippen molar-refractivity contribution in [2.75, 3.05) is 0 Å². The molecule has 0 aliphatic rings. The first-order valence-corrected chi connectivity index (χ1v) is 3.37. The van der Waals surface area contributed by atoms with Gasteiger partial charge in [-0.3, -0.25) is 0 Å². The smallest absolute Gasteiger partial charge is 0.210 e. The summed E-state index contributed by atoms with van der Waals surface area (Å²) in [6, 6.07) is 0. The molecule has 2 unspecified atom stereocenters. The molecule has 2 heteroatoms. The van der Waals surface area contributed by atoms with Crippen LogP contribution in [0.4, 0.5) is 8.78 Å². The lowest BCUT2D eigenvalue weighted by atomic mass is 9.94. The maximum Gasteiger partial charge on any atom is 0.241 e. The highest BCUT2D eigenvalue weighted by Gasteiger charge is 2.19. The van der Waals surface area contributed by atoms with Crippen molar-refractivity contribution in [3.63, 3.8) is 0 Å². The molecule has 0 nitrogen and oxygen atoms in total. The Labute approximate surface area is 55.3 Å². The minimum Gasteiger partial charge on any atom is -0.210 e. The zero-order chi connectivity index (χ0) is 7.44. The summed E-state index contributed by atoms with van der Waals surface area (Å²) in [5, 5.41) is 0. The van der Waals surface area contributed by atoms with Crippen LogP contribution in [0, 0.1) is 11.8 Å². The average molecular weight is 136 g/mol. The lowest BCUT2D eigenvalue weighted by Crippen LogP contribution is -2.15. The van der Waals surface area contributed by atoms with E-state index in [-0.39, 0.29) is 5.92 Å². The van der Waals surface area contributed by atoms with E-state index < -0.39 is 12.3 Å². The van der Waals surface area contributed by atoms with Gasteiger partial charge in [-0.2, -0.15) is 0 Å². The van der Waals surface area contributed by atoms with Crippen LogP contribution < -0.4 is 0 Å². The fraction of sp³-hybridized carbons (Fsp3) is 1.00. The van der Waals surface area contributed by atoms with Gasteiger partial charge in [0.1, 0.15) is 0 Å². The predicted molar refractivity (Wildman–Crippen MR) is 34.6 cm³/mol. The normalized spacial score (nSPS) is 18.0. The van der Waals surface area contributed by atoms with E-state index >= 15 is 0 Å². The van der Waals surface area contributed by atoms with Gasteiger partial charge in [-0.15, -0.1) is 0 Å². The van der Waals surface area contributed by atoms with E-state index in [1.54, 1.807) is 6.92 Å². The monoisotopic (exact) mass is 136 g/mol. The predicted octanol–water partition coefficient (Wildman–Crippen LogP) is 2.93. The minimum atomic E-state index is -2.15. The van der Waals surface area contributed by atoms with E-state index in [4.69, 9.17) is 0 Å². The first-order valence-electron chi connectivity index (χ1n) is 3.37. The summed E-state index contributed by atoms with van der Waals surface area (Å²) in [5.41, 5.74) is 0. The van der Waals surface area contributed by atoms with Crippen LogP contribution in [-0.4, -0.2) is 6.43 Å². The van der Waals surface area contributed by atoms with E-state index in [9.17, 15) is 8.78 Å². The van der Waals surface area contributed by atoms with Crippen LogP contribution in [0.2, 0.25) is 0 Å². The number of rotatable bonds is 3. The zero-order valence-electron chi connectivity index (χ0n) is 6.20. The molecule has 0 amide bonds. The summed E-state index contributed by atoms with van der Waals surface area (Å²) >= 11 is 0. The van der Waals surface area contributed by atoms with Crippen molar-refractivity contribution in [3.05, 3.63) is 0 Å². The van der Waals surface area contributed by atoms with Gasteiger partial charge < -0.3 is 0 Å². The van der Waals surface area contributed by atoms with E-state index in [0.717, 1.165) is 6.42 Å². The van der Waals surface area contributed by atoms with Crippen LogP contribution in [0.25, 0.3) is 0 Å². The van der Waals surface area contributed by atoms with Crippen LogP contribution in [0.1, 0.15) is 27.2 Å². The van der Waals surface area contributed by atoms with Crippen molar-refractivity contribution in [2.24, 2.45) is 11.8 Å². The third-order valence-corrected chi connectivity index (χ3v) is 1.94. The molecule has 0 aromatic rings. The SMILES string of the molecule is CCC(C)C(C)C(F)F. The molecular formula is C7H14F2. The Kier molecular flexibility index (Phi) is 3.75. The quantitative estimate of drug-likeness (QED) is 0.559. The molecule has 0 radical (unpaired) electrons. The van der Waals surface area contributed by atoms with Crippen molar-refractivity contribution in [2.45, 2.75) is 33.6 Å². The van der Waals surface area contributed by atoms with Crippen LogP contribution in [0.5, 0.6) is 0 Å². The second kappa shape index (κ2) is 3.80. The molecule has 2 atom stereocenters. The molecule has 0 bridgehead atoms. The van der Waals surface area contributed by atoms with Crippen molar-refractivity contribution < 1.29 is 8.78 Å². The van der Waals surface area contributed by atoms with E-state index in [1.807, 2.05) is 13.8 Å². The fourth-order valence-corrected chi connectivity index (χ4v) is 0.620. The molecule has 0 heterocycles. The highest BCUT2D eigenvalue weighted by atomic mass is 19.3. The van der Waals surface area contributed by atoms with Crippen molar-refractivity contribution in [3.8, 4) is 0 Å². The maximum atomic E-state index is 11.9. The van der Waals surface area contributed by atoms with Crippen molar-refractivity contribution in [1.82, 2.24) is 0 Å². The number of hydrogen-bond donors (Lipinski definition) is 0. The fourth-order valence-electron chi connectivity index (χ4n) is 0.620. The van der Waals surface area contributed by atoms with Crippen molar-refractivity contribution in [1.29, 1.82) is 0 Å². The van der Waals surface area contributed by atoms with Crippen LogP contribution in [0.15, 0.2) is 0 Å². The summed E-state index contributed by atoms with van der Waals surface area (Å²) in [7, 11) is 0. The third-order valence-electron chi connectivity index (χ3n) is 1.94. The van der Waals surface area contributed by atoms with Gasteiger partial charge in [0.25, 0.3) is 0 Å². The maximum absolute atomic E-state index is 11.9. The number of hydrogen-bond acceptors (Lipinski definition) is 0. The molecule has 0 N–H and O–H groups in total. The summed E-state index contributed by atoms with van der Waals surface area (Å²) in [5.74, 6) is -0.306. The van der Waals surface area contributed by atoms with Gasteiger partial charge in [0.2, 0.25) is 6.43 Å². The Morgan fingerprint density at radius 1 is 1.22 bits per heavy atom. The Balaban J connectivity index is 3.58. The lowest BCUT2D eigenvalue weighted by molar-refractivity contribution is 0.0571. The third kappa shape index (κ3) is 2.78. The standard InChI is InChI=1S/C7H14F2/c1-4-5(2)6(3)7(8)9/h5-7H,4H2,1-3H3.